The first-order valence-electron chi connectivity index (χ1n) is 8.88. The second-order valence-electron chi connectivity index (χ2n) is 6.51. The van der Waals surface area contributed by atoms with Gasteiger partial charge in [0.1, 0.15) is 5.75 Å². The molecule has 0 bridgehead atoms. The summed E-state index contributed by atoms with van der Waals surface area (Å²) in [5.74, 6) is 0.442. The van der Waals surface area contributed by atoms with Gasteiger partial charge in [-0.25, -0.2) is 0 Å². The highest BCUT2D eigenvalue weighted by Crippen LogP contribution is 2.20. The van der Waals surface area contributed by atoms with Crippen LogP contribution in [0.1, 0.15) is 17.5 Å². The Morgan fingerprint density at radius 1 is 1.15 bits per heavy atom. The summed E-state index contributed by atoms with van der Waals surface area (Å²) in [5, 5.41) is 2.93. The van der Waals surface area contributed by atoms with Crippen molar-refractivity contribution in [1.29, 1.82) is 0 Å². The normalized spacial score (nSPS) is 16.6. The maximum Gasteiger partial charge on any atom is 0.225 e. The highest BCUT2D eigenvalue weighted by molar-refractivity contribution is 5.89. The van der Waals surface area contributed by atoms with Crippen molar-refractivity contribution in [2.24, 2.45) is 5.92 Å². The van der Waals surface area contributed by atoms with Crippen LogP contribution in [-0.2, 0) is 22.6 Å². The summed E-state index contributed by atoms with van der Waals surface area (Å²) >= 11 is 0. The van der Waals surface area contributed by atoms with Gasteiger partial charge >= 0.3 is 0 Å². The van der Waals surface area contributed by atoms with Crippen LogP contribution in [0.5, 0.6) is 5.75 Å². The number of methoxy groups -OCH3 is 1. The first-order valence-corrected chi connectivity index (χ1v) is 8.88. The van der Waals surface area contributed by atoms with Gasteiger partial charge in [0.05, 0.1) is 13.0 Å². The number of rotatable bonds is 7. The smallest absolute Gasteiger partial charge is 0.225 e. The Hall–Kier alpha value is -2.82. The molecule has 0 unspecified atom stereocenters. The van der Waals surface area contributed by atoms with Gasteiger partial charge in [0.15, 0.2) is 0 Å². The predicted molar refractivity (Wildman–Crippen MR) is 99.7 cm³/mol. The van der Waals surface area contributed by atoms with Gasteiger partial charge in [-0.15, -0.1) is 0 Å². The molecule has 5 heteroatoms. The highest BCUT2D eigenvalue weighted by Gasteiger charge is 2.33. The van der Waals surface area contributed by atoms with E-state index in [2.05, 4.69) is 17.4 Å². The minimum absolute atomic E-state index is 0.0540. The molecular weight excluding hydrogens is 328 g/mol. The molecule has 1 heterocycles. The first kappa shape index (κ1) is 18.0. The third kappa shape index (κ3) is 4.42. The molecule has 1 N–H and O–H groups in total. The standard InChI is InChI=1S/C21H24N2O3/c1-26-19-10-6-5-9-17(19)14-22-21(25)18-13-20(24)23(15-18)12-11-16-7-3-2-4-8-16/h2-10,18H,11-15H2,1H3,(H,22,25)/t18-/m1/s1. The molecule has 2 aromatic rings. The maximum atomic E-state index is 12.5. The molecule has 26 heavy (non-hydrogen) atoms. The van der Waals surface area contributed by atoms with Crippen molar-refractivity contribution >= 4 is 11.8 Å². The van der Waals surface area contributed by atoms with Crippen molar-refractivity contribution in [3.05, 3.63) is 65.7 Å². The third-order valence-electron chi connectivity index (χ3n) is 4.74. The topological polar surface area (TPSA) is 58.6 Å². The van der Waals surface area contributed by atoms with Crippen molar-refractivity contribution in [1.82, 2.24) is 10.2 Å². The second kappa shape index (κ2) is 8.52. The lowest BCUT2D eigenvalue weighted by atomic mass is 10.1. The van der Waals surface area contributed by atoms with Gasteiger partial charge in [0.2, 0.25) is 11.8 Å². The number of likely N-dealkylation sites (tertiary alicyclic amines) is 1. The summed E-state index contributed by atoms with van der Waals surface area (Å²) < 4.78 is 5.30. The van der Waals surface area contributed by atoms with Crippen molar-refractivity contribution in [3.63, 3.8) is 0 Å². The van der Waals surface area contributed by atoms with Crippen LogP contribution in [0.15, 0.2) is 54.6 Å². The molecule has 2 aromatic carbocycles. The van der Waals surface area contributed by atoms with E-state index in [4.69, 9.17) is 4.74 Å². The van der Waals surface area contributed by atoms with E-state index in [0.29, 0.717) is 19.6 Å². The molecule has 0 radical (unpaired) electrons. The van der Waals surface area contributed by atoms with E-state index < -0.39 is 0 Å². The van der Waals surface area contributed by atoms with Crippen LogP contribution in [-0.4, -0.2) is 36.9 Å². The zero-order valence-corrected chi connectivity index (χ0v) is 15.0. The van der Waals surface area contributed by atoms with Crippen LogP contribution in [0.4, 0.5) is 0 Å². The van der Waals surface area contributed by atoms with Gasteiger partial charge in [-0.2, -0.15) is 0 Å². The number of para-hydroxylation sites is 1. The molecule has 1 saturated heterocycles. The van der Waals surface area contributed by atoms with E-state index in [1.54, 1.807) is 12.0 Å². The molecule has 3 rings (SSSR count). The van der Waals surface area contributed by atoms with Crippen molar-refractivity contribution in [2.75, 3.05) is 20.2 Å². The van der Waals surface area contributed by atoms with Crippen molar-refractivity contribution in [3.8, 4) is 5.75 Å². The van der Waals surface area contributed by atoms with E-state index in [1.807, 2.05) is 42.5 Å². The fraction of sp³-hybridized carbons (Fsp3) is 0.333. The highest BCUT2D eigenvalue weighted by atomic mass is 16.5. The molecule has 5 nitrogen and oxygen atoms in total. The predicted octanol–water partition coefficient (Wildman–Crippen LogP) is 2.40. The Morgan fingerprint density at radius 3 is 2.65 bits per heavy atom. The molecule has 1 aliphatic heterocycles. The van der Waals surface area contributed by atoms with Gasteiger partial charge < -0.3 is 15.0 Å². The monoisotopic (exact) mass is 352 g/mol. The van der Waals surface area contributed by atoms with Gasteiger partial charge in [-0.05, 0) is 18.1 Å². The number of amides is 2. The van der Waals surface area contributed by atoms with Crippen molar-refractivity contribution < 1.29 is 14.3 Å². The van der Waals surface area contributed by atoms with Crippen LogP contribution >= 0.6 is 0 Å². The number of nitrogens with zero attached hydrogens (tertiary/aromatic N) is 1. The molecule has 0 saturated carbocycles. The van der Waals surface area contributed by atoms with Gasteiger partial charge in [-0.1, -0.05) is 48.5 Å². The average Bonchev–Trinajstić information content (AvgIpc) is 3.06. The number of ether oxygens (including phenoxy) is 1. The van der Waals surface area contributed by atoms with Crippen LogP contribution in [0.2, 0.25) is 0 Å². The van der Waals surface area contributed by atoms with Crippen LogP contribution < -0.4 is 10.1 Å². The fourth-order valence-electron chi connectivity index (χ4n) is 3.25. The summed E-state index contributed by atoms with van der Waals surface area (Å²) in [7, 11) is 1.61. The zero-order chi connectivity index (χ0) is 18.4. The molecule has 1 fully saturated rings. The third-order valence-corrected chi connectivity index (χ3v) is 4.74. The molecular formula is C21H24N2O3. The van der Waals surface area contributed by atoms with Crippen LogP contribution in [0.25, 0.3) is 0 Å². The summed E-state index contributed by atoms with van der Waals surface area (Å²) in [4.78, 5) is 26.5. The molecule has 0 spiro atoms. The number of carbonyl (C=O) groups is 2. The Bertz CT molecular complexity index is 761. The number of benzene rings is 2. The zero-order valence-electron chi connectivity index (χ0n) is 15.0. The van der Waals surface area contributed by atoms with Crippen LogP contribution in [0.3, 0.4) is 0 Å². The largest absolute Gasteiger partial charge is 0.496 e. The molecule has 1 aliphatic rings. The Balaban J connectivity index is 1.50. The lowest BCUT2D eigenvalue weighted by molar-refractivity contribution is -0.129. The molecule has 0 aliphatic carbocycles. The van der Waals surface area contributed by atoms with E-state index in [-0.39, 0.29) is 24.2 Å². The number of hydrogen-bond donors (Lipinski definition) is 1. The average molecular weight is 352 g/mol. The maximum absolute atomic E-state index is 12.5. The van der Waals surface area contributed by atoms with E-state index in [1.165, 1.54) is 5.56 Å². The lowest BCUT2D eigenvalue weighted by Gasteiger charge is -2.17. The Morgan fingerprint density at radius 2 is 1.88 bits per heavy atom. The van der Waals surface area contributed by atoms with Gasteiger partial charge in [-0.3, -0.25) is 9.59 Å². The van der Waals surface area contributed by atoms with E-state index >= 15 is 0 Å². The second-order valence-corrected chi connectivity index (χ2v) is 6.51. The fourth-order valence-corrected chi connectivity index (χ4v) is 3.25. The number of nitrogens with one attached hydrogen (secondary N) is 1. The van der Waals surface area contributed by atoms with Crippen LogP contribution in [0, 0.1) is 5.92 Å². The van der Waals surface area contributed by atoms with Gasteiger partial charge in [0, 0.05) is 31.6 Å². The SMILES string of the molecule is COc1ccccc1CNC(=O)[C@@H]1CC(=O)N(CCc2ccccc2)C1. The summed E-state index contributed by atoms with van der Waals surface area (Å²) in [6.07, 6.45) is 1.09. The quantitative estimate of drug-likeness (QED) is 0.832. The minimum Gasteiger partial charge on any atom is -0.496 e. The lowest BCUT2D eigenvalue weighted by Crippen LogP contribution is -2.33. The minimum atomic E-state index is -0.284. The van der Waals surface area contributed by atoms with Crippen molar-refractivity contribution in [2.45, 2.75) is 19.4 Å². The number of carbonyl (C=O) groups excluding carboxylic acids is 2. The summed E-state index contributed by atoms with van der Waals surface area (Å²) in [6, 6.07) is 17.7. The molecule has 2 amide bonds. The Kier molecular flexibility index (Phi) is 5.89. The molecule has 0 aromatic heterocycles. The summed E-state index contributed by atoms with van der Waals surface area (Å²) in [5.41, 5.74) is 2.12. The van der Waals surface area contributed by atoms with E-state index in [9.17, 15) is 9.59 Å². The molecule has 1 atom stereocenters. The van der Waals surface area contributed by atoms with Gasteiger partial charge in [0.25, 0.3) is 0 Å². The molecule has 136 valence electrons. The summed E-state index contributed by atoms with van der Waals surface area (Å²) in [6.45, 7) is 1.54. The number of hydrogen-bond acceptors (Lipinski definition) is 3. The van der Waals surface area contributed by atoms with E-state index in [0.717, 1.165) is 17.7 Å². The Labute approximate surface area is 154 Å². The first-order chi connectivity index (χ1) is 12.7.